The van der Waals surface area contributed by atoms with Crippen LogP contribution in [0.4, 0.5) is 0 Å². The Hall–Kier alpha value is 4.49. The van der Waals surface area contributed by atoms with Crippen molar-refractivity contribution < 1.29 is 0 Å². The van der Waals surface area contributed by atoms with E-state index in [-0.39, 0.29) is 149 Å². The Labute approximate surface area is 144 Å². The van der Waals surface area contributed by atoms with Gasteiger partial charge in [0.1, 0.15) is 0 Å². The Morgan fingerprint density at radius 3 is 1.00 bits per heavy atom. The van der Waals surface area contributed by atoms with E-state index < -0.39 is 0 Å². The molecule has 0 amide bonds. The molecule has 0 aromatic carbocycles. The molecule has 5 heteroatoms. The van der Waals surface area contributed by atoms with E-state index in [9.17, 15) is 0 Å². The summed E-state index contributed by atoms with van der Waals surface area (Å²) in [6, 6.07) is 0. The van der Waals surface area contributed by atoms with Gasteiger partial charge in [0.05, 0.1) is 0 Å². The third-order valence-corrected chi connectivity index (χ3v) is 0. The first kappa shape index (κ1) is 33.9. The van der Waals surface area contributed by atoms with E-state index in [4.69, 9.17) is 0 Å². The van der Waals surface area contributed by atoms with Gasteiger partial charge in [-0.1, -0.05) is 0 Å². The molecule has 5 heavy (non-hydrogen) atoms. The first-order chi connectivity index (χ1) is 0. The van der Waals surface area contributed by atoms with E-state index in [0.717, 1.165) is 0 Å². The van der Waals surface area contributed by atoms with Crippen molar-refractivity contribution in [1.29, 1.82) is 0 Å². The quantitative estimate of drug-likeness (QED) is 0.551. The van der Waals surface area contributed by atoms with Crippen molar-refractivity contribution in [2.45, 2.75) is 0 Å². The average Bonchev–Trinajstić information content (AvgIpc) is 0. The molecule has 0 heterocycles. The van der Waals surface area contributed by atoms with Crippen molar-refractivity contribution in [3.05, 3.63) is 0 Å². The molecule has 1 nitrogen and oxygen atoms in total. The van der Waals surface area contributed by atoms with E-state index in [1.807, 2.05) is 0 Å². The summed E-state index contributed by atoms with van der Waals surface area (Å²) >= 11 is 0. The summed E-state index contributed by atoms with van der Waals surface area (Å²) in [5.41, 5.74) is 0. The van der Waals surface area contributed by atoms with Gasteiger partial charge < -0.3 is 6.15 Å². The van der Waals surface area contributed by atoms with Crippen LogP contribution in [-0.2, 0) is 0 Å². The third-order valence-electron chi connectivity index (χ3n) is 0. The van der Waals surface area contributed by atoms with Gasteiger partial charge in [-0.3, -0.25) is 0 Å². The Bertz CT molecular complexity index is 11.6. The number of rotatable bonds is 0. The molecule has 10 radical (unpaired) electrons. The van der Waals surface area contributed by atoms with Gasteiger partial charge in [-0.15, -0.1) is 0 Å². The first-order valence-corrected chi connectivity index (χ1v) is 0. The van der Waals surface area contributed by atoms with Crippen LogP contribution in [0.25, 0.3) is 0 Å². The van der Waals surface area contributed by atoms with Crippen LogP contribution in [0, 0.1) is 0 Å². The van der Waals surface area contributed by atoms with Crippen LogP contribution in [0.1, 0.15) is 0 Å². The first-order valence-electron chi connectivity index (χ1n) is 0. The van der Waals surface area contributed by atoms with E-state index in [1.165, 1.54) is 0 Å². The van der Waals surface area contributed by atoms with Crippen LogP contribution < -0.4 is 6.15 Å². The molecule has 0 aliphatic carbocycles. The van der Waals surface area contributed by atoms with Gasteiger partial charge in [0.15, 0.2) is 0 Å². The van der Waals surface area contributed by atoms with Crippen LogP contribution in [0.3, 0.4) is 0 Å². The van der Waals surface area contributed by atoms with Crippen molar-refractivity contribution in [1.82, 2.24) is 6.15 Å². The van der Waals surface area contributed by atoms with Crippen molar-refractivity contribution in [3.8, 4) is 0 Å². The topological polar surface area (TPSA) is 35.0 Å². The minimum Gasteiger partial charge on any atom is -0.344 e. The smallest absolute Gasteiger partial charge is 0 e. The van der Waals surface area contributed by atoms with Crippen LogP contribution in [-0.4, -0.2) is 143 Å². The summed E-state index contributed by atoms with van der Waals surface area (Å²) in [5, 5.41) is 0. The Morgan fingerprint density at radius 1 is 1.00 bits per heavy atom. The fourth-order valence-corrected chi connectivity index (χ4v) is 0. The molecular weight excluding hydrogens is 307 g/mol. The molecule has 0 spiro atoms. The molecule has 0 aromatic heterocycles. The summed E-state index contributed by atoms with van der Waals surface area (Å²) in [6.07, 6.45) is 0. The fourth-order valence-electron chi connectivity index (χ4n) is 0. The molecule has 18 valence electrons. The fraction of sp³-hybridized carbons (Fsp3) is 0. The summed E-state index contributed by atoms with van der Waals surface area (Å²) in [7, 11) is 0. The largest absolute Gasteiger partial charge is 0.344 e. The summed E-state index contributed by atoms with van der Waals surface area (Å²) in [6.45, 7) is 0. The zero-order valence-corrected chi connectivity index (χ0v) is 14.5. The van der Waals surface area contributed by atoms with Crippen molar-refractivity contribution in [2.24, 2.45) is 0 Å². The molecule has 0 atom stereocenters. The minimum atomic E-state index is 0. The van der Waals surface area contributed by atoms with Crippen molar-refractivity contribution >= 4 is 143 Å². The zero-order valence-electron chi connectivity index (χ0n) is 3.33. The molecule has 3 N–H and O–H groups in total. The molecule has 0 rings (SSSR count). The number of hydrogen-bond donors (Lipinski definition) is 1. The second-order valence-electron chi connectivity index (χ2n) is 0. The average molecular weight is 310 g/mol. The zero-order chi connectivity index (χ0) is 0. The second-order valence-corrected chi connectivity index (χ2v) is 0. The Kier molecular flexibility index (Phi) is 160. The SMILES string of the molecule is N.[Ba].[Ca].[Si].[Sr]. The normalized spacial score (nSPS) is 0. The van der Waals surface area contributed by atoms with Gasteiger partial charge in [-0.2, -0.15) is 0 Å². The van der Waals surface area contributed by atoms with E-state index in [2.05, 4.69) is 0 Å². The summed E-state index contributed by atoms with van der Waals surface area (Å²) in [4.78, 5) is 0. The minimum absolute atomic E-state index is 0. The Morgan fingerprint density at radius 2 is 1.00 bits per heavy atom. The molecule has 0 bridgehead atoms. The molecule has 0 unspecified atom stereocenters. The van der Waals surface area contributed by atoms with Gasteiger partial charge in [-0.05, 0) is 0 Å². The molecule has 0 saturated carbocycles. The van der Waals surface area contributed by atoms with Gasteiger partial charge in [0, 0.05) is 143 Å². The molecule has 0 saturated heterocycles. The van der Waals surface area contributed by atoms with Gasteiger partial charge in [0.2, 0.25) is 0 Å². The maximum Gasteiger partial charge on any atom is 0 e. The summed E-state index contributed by atoms with van der Waals surface area (Å²) in [5.74, 6) is 0. The second kappa shape index (κ2) is 23.6. The van der Waals surface area contributed by atoms with Crippen LogP contribution >= 0.6 is 0 Å². The van der Waals surface area contributed by atoms with Gasteiger partial charge in [-0.25, -0.2) is 0 Å². The molecule has 0 aliphatic heterocycles. The van der Waals surface area contributed by atoms with E-state index in [0.29, 0.717) is 0 Å². The molecule has 0 fully saturated rings. The van der Waals surface area contributed by atoms with E-state index >= 15 is 0 Å². The monoisotopic (exact) mass is 311 g/mol. The standard InChI is InChI=1S/Ba.Ca.H3N.Si.Sr/h;;1H3;;. The van der Waals surface area contributed by atoms with Crippen LogP contribution in [0.15, 0.2) is 0 Å². The summed E-state index contributed by atoms with van der Waals surface area (Å²) < 4.78 is 0. The molecular formula is H3BaCaNSiSr. The van der Waals surface area contributed by atoms with Gasteiger partial charge in [0.25, 0.3) is 0 Å². The van der Waals surface area contributed by atoms with Gasteiger partial charge >= 0.3 is 0 Å². The predicted octanol–water partition coefficient (Wildman–Crippen LogP) is -1.36. The maximum atomic E-state index is 0. The van der Waals surface area contributed by atoms with Crippen molar-refractivity contribution in [2.75, 3.05) is 0 Å². The number of hydrogen-bond acceptors (Lipinski definition) is 1. The third kappa shape index (κ3) is 17.7. The van der Waals surface area contributed by atoms with E-state index in [1.54, 1.807) is 0 Å². The molecule has 0 aromatic rings. The predicted molar refractivity (Wildman–Crippen MR) is 28.0 cm³/mol. The van der Waals surface area contributed by atoms with Crippen molar-refractivity contribution in [3.63, 3.8) is 0 Å². The van der Waals surface area contributed by atoms with Crippen LogP contribution in [0.2, 0.25) is 0 Å². The Balaban J connectivity index is 0. The maximum absolute atomic E-state index is 0. The van der Waals surface area contributed by atoms with Crippen LogP contribution in [0.5, 0.6) is 0 Å². The molecule has 0 aliphatic rings.